The van der Waals surface area contributed by atoms with Gasteiger partial charge >= 0.3 is 0 Å². The molecule has 0 saturated heterocycles. The molecule has 1 aliphatic rings. The monoisotopic (exact) mass is 216 g/mol. The number of hydrogen-bond acceptors (Lipinski definition) is 3. The maximum Gasteiger partial charge on any atom is 0.295 e. The van der Waals surface area contributed by atoms with Gasteiger partial charge in [-0.05, 0) is 30.9 Å². The Balaban J connectivity index is 1.69. The molecule has 0 atom stereocenters. The Kier molecular flexibility index (Phi) is 2.52. The van der Waals surface area contributed by atoms with Gasteiger partial charge in [-0.25, -0.2) is 0 Å². The van der Waals surface area contributed by atoms with E-state index in [-0.39, 0.29) is 0 Å². The second-order valence-electron chi connectivity index (χ2n) is 4.52. The first-order valence-corrected chi connectivity index (χ1v) is 6.01. The summed E-state index contributed by atoms with van der Waals surface area (Å²) in [4.78, 5) is 4.40. The third kappa shape index (κ3) is 1.90. The average molecular weight is 216 g/mol. The molecule has 2 aromatic rings. The summed E-state index contributed by atoms with van der Waals surface area (Å²) in [6.45, 7) is 0.993. The van der Waals surface area contributed by atoms with E-state index in [1.54, 1.807) is 0 Å². The van der Waals surface area contributed by atoms with E-state index in [4.69, 9.17) is 4.42 Å². The summed E-state index contributed by atoms with van der Waals surface area (Å²) >= 11 is 0. The molecular weight excluding hydrogens is 200 g/mol. The standard InChI is InChI=1S/C13H16N2O/c1-2-6-10(5-1)9-14-13-15-11-7-3-4-8-12(11)16-13/h3-4,7-8,10H,1-2,5-6,9H2,(H,14,15). The van der Waals surface area contributed by atoms with Gasteiger partial charge in [0.1, 0.15) is 5.52 Å². The number of fused-ring (bicyclic) bond motifs is 1. The van der Waals surface area contributed by atoms with Gasteiger partial charge in [0, 0.05) is 6.54 Å². The van der Waals surface area contributed by atoms with Crippen LogP contribution in [0.3, 0.4) is 0 Å². The van der Waals surface area contributed by atoms with Gasteiger partial charge < -0.3 is 9.73 Å². The van der Waals surface area contributed by atoms with Crippen LogP contribution in [-0.4, -0.2) is 11.5 Å². The summed E-state index contributed by atoms with van der Waals surface area (Å²) < 4.78 is 5.61. The molecule has 1 N–H and O–H groups in total. The molecule has 1 aromatic carbocycles. The van der Waals surface area contributed by atoms with Gasteiger partial charge in [-0.3, -0.25) is 0 Å². The maximum atomic E-state index is 5.61. The highest BCUT2D eigenvalue weighted by Gasteiger charge is 2.15. The van der Waals surface area contributed by atoms with E-state index in [9.17, 15) is 0 Å². The number of rotatable bonds is 3. The van der Waals surface area contributed by atoms with Gasteiger partial charge in [0.2, 0.25) is 0 Å². The lowest BCUT2D eigenvalue weighted by molar-refractivity contribution is 0.553. The Labute approximate surface area is 94.9 Å². The summed E-state index contributed by atoms with van der Waals surface area (Å²) in [5.74, 6) is 0.801. The summed E-state index contributed by atoms with van der Waals surface area (Å²) in [6, 6.07) is 8.52. The average Bonchev–Trinajstić information content (AvgIpc) is 2.95. The van der Waals surface area contributed by atoms with Crippen molar-refractivity contribution in [1.82, 2.24) is 4.98 Å². The number of para-hydroxylation sites is 2. The van der Waals surface area contributed by atoms with Gasteiger partial charge in [0.25, 0.3) is 6.01 Å². The number of aromatic nitrogens is 1. The van der Waals surface area contributed by atoms with Crippen molar-refractivity contribution in [2.75, 3.05) is 11.9 Å². The molecule has 1 aliphatic carbocycles. The second kappa shape index (κ2) is 4.16. The first-order valence-electron chi connectivity index (χ1n) is 6.01. The SMILES string of the molecule is c1ccc2oc(NCC3CCCC3)nc2c1. The molecule has 0 aliphatic heterocycles. The molecule has 0 amide bonds. The minimum absolute atomic E-state index is 0.660. The van der Waals surface area contributed by atoms with Crippen LogP contribution in [0.1, 0.15) is 25.7 Å². The van der Waals surface area contributed by atoms with E-state index >= 15 is 0 Å². The van der Waals surface area contributed by atoms with E-state index < -0.39 is 0 Å². The number of nitrogens with zero attached hydrogens (tertiary/aromatic N) is 1. The zero-order chi connectivity index (χ0) is 10.8. The van der Waals surface area contributed by atoms with Crippen LogP contribution in [0, 0.1) is 5.92 Å². The van der Waals surface area contributed by atoms with Crippen molar-refractivity contribution in [3.63, 3.8) is 0 Å². The molecule has 84 valence electrons. The molecule has 1 heterocycles. The fourth-order valence-electron chi connectivity index (χ4n) is 2.39. The van der Waals surface area contributed by atoms with Crippen LogP contribution in [0.2, 0.25) is 0 Å². The molecule has 3 heteroatoms. The number of nitrogens with one attached hydrogen (secondary N) is 1. The van der Waals surface area contributed by atoms with Crippen LogP contribution in [0.5, 0.6) is 0 Å². The van der Waals surface area contributed by atoms with Crippen LogP contribution in [-0.2, 0) is 0 Å². The molecule has 0 spiro atoms. The van der Waals surface area contributed by atoms with Gasteiger partial charge in [0.05, 0.1) is 0 Å². The predicted octanol–water partition coefficient (Wildman–Crippen LogP) is 3.43. The van der Waals surface area contributed by atoms with Gasteiger partial charge in [-0.15, -0.1) is 0 Å². The van der Waals surface area contributed by atoms with Crippen molar-refractivity contribution in [1.29, 1.82) is 0 Å². The number of anilines is 1. The molecule has 0 bridgehead atoms. The first-order chi connectivity index (χ1) is 7.92. The van der Waals surface area contributed by atoms with E-state index in [1.807, 2.05) is 24.3 Å². The van der Waals surface area contributed by atoms with E-state index in [0.717, 1.165) is 23.6 Å². The largest absolute Gasteiger partial charge is 0.424 e. The lowest BCUT2D eigenvalue weighted by Crippen LogP contribution is -2.10. The lowest BCUT2D eigenvalue weighted by Gasteiger charge is -2.07. The van der Waals surface area contributed by atoms with Crippen LogP contribution >= 0.6 is 0 Å². The summed E-state index contributed by atoms with van der Waals surface area (Å²) in [6.07, 6.45) is 5.43. The van der Waals surface area contributed by atoms with E-state index in [1.165, 1.54) is 25.7 Å². The molecular formula is C13H16N2O. The molecule has 3 rings (SSSR count). The summed E-state index contributed by atoms with van der Waals surface area (Å²) in [7, 11) is 0. The molecule has 1 aromatic heterocycles. The first kappa shape index (κ1) is 9.70. The van der Waals surface area contributed by atoms with Crippen molar-refractivity contribution in [2.45, 2.75) is 25.7 Å². The minimum Gasteiger partial charge on any atom is -0.424 e. The van der Waals surface area contributed by atoms with Crippen molar-refractivity contribution in [3.8, 4) is 0 Å². The highest BCUT2D eigenvalue weighted by Crippen LogP contribution is 2.25. The van der Waals surface area contributed by atoms with E-state index in [0.29, 0.717) is 6.01 Å². The van der Waals surface area contributed by atoms with Gasteiger partial charge in [-0.1, -0.05) is 25.0 Å². The van der Waals surface area contributed by atoms with Crippen LogP contribution in [0.25, 0.3) is 11.1 Å². The zero-order valence-electron chi connectivity index (χ0n) is 9.28. The number of benzene rings is 1. The van der Waals surface area contributed by atoms with Crippen LogP contribution < -0.4 is 5.32 Å². The Morgan fingerprint density at radius 1 is 1.25 bits per heavy atom. The number of oxazole rings is 1. The van der Waals surface area contributed by atoms with Crippen molar-refractivity contribution < 1.29 is 4.42 Å². The third-order valence-corrected chi connectivity index (χ3v) is 3.31. The molecule has 16 heavy (non-hydrogen) atoms. The normalized spacial score (nSPS) is 17.0. The Morgan fingerprint density at radius 2 is 2.06 bits per heavy atom. The van der Waals surface area contributed by atoms with Gasteiger partial charge in [0.15, 0.2) is 5.58 Å². The number of hydrogen-bond donors (Lipinski definition) is 1. The predicted molar refractivity (Wildman–Crippen MR) is 64.5 cm³/mol. The Morgan fingerprint density at radius 3 is 2.88 bits per heavy atom. The molecule has 3 nitrogen and oxygen atoms in total. The highest BCUT2D eigenvalue weighted by molar-refractivity contribution is 5.74. The third-order valence-electron chi connectivity index (χ3n) is 3.31. The molecule has 1 fully saturated rings. The van der Waals surface area contributed by atoms with Crippen molar-refractivity contribution in [3.05, 3.63) is 24.3 Å². The van der Waals surface area contributed by atoms with Crippen molar-refractivity contribution >= 4 is 17.1 Å². The molecule has 0 unspecified atom stereocenters. The highest BCUT2D eigenvalue weighted by atomic mass is 16.4. The van der Waals surface area contributed by atoms with Crippen LogP contribution in [0.4, 0.5) is 6.01 Å². The lowest BCUT2D eigenvalue weighted by atomic mass is 10.1. The Bertz CT molecular complexity index is 438. The molecule has 0 radical (unpaired) electrons. The minimum atomic E-state index is 0.660. The van der Waals surface area contributed by atoms with E-state index in [2.05, 4.69) is 10.3 Å². The second-order valence-corrected chi connectivity index (χ2v) is 4.52. The summed E-state index contributed by atoms with van der Waals surface area (Å²) in [5.41, 5.74) is 1.79. The van der Waals surface area contributed by atoms with Gasteiger partial charge in [-0.2, -0.15) is 4.98 Å². The zero-order valence-corrected chi connectivity index (χ0v) is 9.28. The maximum absolute atomic E-state index is 5.61. The fourth-order valence-corrected chi connectivity index (χ4v) is 2.39. The quantitative estimate of drug-likeness (QED) is 0.854. The molecule has 1 saturated carbocycles. The smallest absolute Gasteiger partial charge is 0.295 e. The Hall–Kier alpha value is -1.51. The summed E-state index contributed by atoms with van der Waals surface area (Å²) in [5, 5.41) is 3.30. The topological polar surface area (TPSA) is 38.1 Å². The van der Waals surface area contributed by atoms with Crippen molar-refractivity contribution in [2.24, 2.45) is 5.92 Å². The van der Waals surface area contributed by atoms with Crippen LogP contribution in [0.15, 0.2) is 28.7 Å². The fraction of sp³-hybridized carbons (Fsp3) is 0.462.